The van der Waals surface area contributed by atoms with Gasteiger partial charge in [0.2, 0.25) is 0 Å². The Labute approximate surface area is 274 Å². The first kappa shape index (κ1) is 34.9. The molecule has 0 bridgehead atoms. The standard InChI is InChI=1S/C33H33N5O10/c1-47-23-9-10-24(29(13-23)48-2)20-11-27(25-7-3-5-21(34-25)14-37(16-30(39)40)17-31(41)42)36-28(12-20)26-8-4-6-22(35-26)15-38(18-32(43)44)19-33(45)46/h3-13H,14-19H2,1-2H3,(H,39,40)(H,41,42)(H,43,44)(H,45,46). The Balaban J connectivity index is 1.81. The van der Waals surface area contributed by atoms with E-state index in [0.29, 0.717) is 56.8 Å². The molecule has 48 heavy (non-hydrogen) atoms. The van der Waals surface area contributed by atoms with E-state index in [9.17, 15) is 39.6 Å². The van der Waals surface area contributed by atoms with Gasteiger partial charge in [0.1, 0.15) is 11.5 Å². The van der Waals surface area contributed by atoms with E-state index in [0.717, 1.165) is 0 Å². The first-order valence-electron chi connectivity index (χ1n) is 14.4. The summed E-state index contributed by atoms with van der Waals surface area (Å²) >= 11 is 0. The van der Waals surface area contributed by atoms with Crippen molar-refractivity contribution in [3.05, 3.63) is 78.1 Å². The maximum absolute atomic E-state index is 11.3. The van der Waals surface area contributed by atoms with Crippen LogP contribution in [0.15, 0.2) is 66.7 Å². The number of hydrogen-bond donors (Lipinski definition) is 4. The maximum Gasteiger partial charge on any atom is 0.317 e. The molecule has 250 valence electrons. The molecule has 0 unspecified atom stereocenters. The Morgan fingerprint density at radius 2 is 1.04 bits per heavy atom. The molecular weight excluding hydrogens is 626 g/mol. The fourth-order valence-corrected chi connectivity index (χ4v) is 4.96. The topological polar surface area (TPSA) is 213 Å². The van der Waals surface area contributed by atoms with Gasteiger partial charge in [0.15, 0.2) is 0 Å². The quantitative estimate of drug-likeness (QED) is 0.128. The smallest absolute Gasteiger partial charge is 0.317 e. The van der Waals surface area contributed by atoms with E-state index in [1.54, 1.807) is 60.7 Å². The SMILES string of the molecule is COc1ccc(-c2cc(-c3cccc(CN(CC(=O)O)CC(=O)O)n3)nc(-c3cccc(CN(CC(=O)O)CC(=O)O)n3)c2)c(OC)c1. The predicted molar refractivity (Wildman–Crippen MR) is 170 cm³/mol. The predicted octanol–water partition coefficient (Wildman–Crippen LogP) is 2.83. The molecule has 0 atom stereocenters. The van der Waals surface area contributed by atoms with Crippen molar-refractivity contribution in [1.82, 2.24) is 24.8 Å². The molecule has 4 N–H and O–H groups in total. The molecule has 0 spiro atoms. The number of pyridine rings is 3. The highest BCUT2D eigenvalue weighted by atomic mass is 16.5. The highest BCUT2D eigenvalue weighted by molar-refractivity contribution is 5.79. The number of carboxylic acid groups (broad SMARTS) is 4. The molecule has 4 aromatic rings. The van der Waals surface area contributed by atoms with Crippen molar-refractivity contribution in [3.63, 3.8) is 0 Å². The third kappa shape index (κ3) is 9.78. The van der Waals surface area contributed by atoms with Crippen LogP contribution >= 0.6 is 0 Å². The first-order chi connectivity index (χ1) is 22.9. The number of aromatic nitrogens is 3. The summed E-state index contributed by atoms with van der Waals surface area (Å²) in [6.07, 6.45) is 0. The second kappa shape index (κ2) is 16.1. The van der Waals surface area contributed by atoms with Gasteiger partial charge in [0, 0.05) is 24.7 Å². The van der Waals surface area contributed by atoms with Gasteiger partial charge in [-0.2, -0.15) is 0 Å². The highest BCUT2D eigenvalue weighted by Crippen LogP contribution is 2.36. The second-order valence-corrected chi connectivity index (χ2v) is 10.6. The molecule has 0 saturated carbocycles. The molecule has 3 aromatic heterocycles. The molecule has 15 nitrogen and oxygen atoms in total. The maximum atomic E-state index is 11.3. The third-order valence-corrected chi connectivity index (χ3v) is 6.89. The fraction of sp³-hybridized carbons (Fsp3) is 0.242. The lowest BCUT2D eigenvalue weighted by Crippen LogP contribution is -2.34. The molecule has 4 rings (SSSR count). The summed E-state index contributed by atoms with van der Waals surface area (Å²) in [6.45, 7) is -2.06. The molecule has 3 heterocycles. The average molecular weight is 660 g/mol. The Kier molecular flexibility index (Phi) is 11.7. The van der Waals surface area contributed by atoms with Crippen LogP contribution in [0.2, 0.25) is 0 Å². The lowest BCUT2D eigenvalue weighted by Gasteiger charge is -2.18. The third-order valence-electron chi connectivity index (χ3n) is 6.89. The van der Waals surface area contributed by atoms with Gasteiger partial charge >= 0.3 is 23.9 Å². The summed E-state index contributed by atoms with van der Waals surface area (Å²) in [6, 6.07) is 19.0. The van der Waals surface area contributed by atoms with E-state index >= 15 is 0 Å². The van der Waals surface area contributed by atoms with Gasteiger partial charge in [-0.3, -0.25) is 29.0 Å². The number of benzene rings is 1. The fourth-order valence-electron chi connectivity index (χ4n) is 4.96. The van der Waals surface area contributed by atoms with E-state index in [1.807, 2.05) is 6.07 Å². The van der Waals surface area contributed by atoms with Crippen LogP contribution in [0.4, 0.5) is 0 Å². The minimum absolute atomic E-state index is 0.0436. The summed E-state index contributed by atoms with van der Waals surface area (Å²) in [7, 11) is 3.06. The minimum atomic E-state index is -1.18. The Hall–Kier alpha value is -5.93. The largest absolute Gasteiger partial charge is 0.497 e. The van der Waals surface area contributed by atoms with Crippen LogP contribution < -0.4 is 9.47 Å². The summed E-state index contributed by atoms with van der Waals surface area (Å²) in [5, 5.41) is 37.0. The first-order valence-corrected chi connectivity index (χ1v) is 14.4. The zero-order chi connectivity index (χ0) is 34.8. The van der Waals surface area contributed by atoms with Gasteiger partial charge in [0.25, 0.3) is 0 Å². The van der Waals surface area contributed by atoms with E-state index in [2.05, 4.69) is 9.97 Å². The molecule has 0 radical (unpaired) electrons. The monoisotopic (exact) mass is 659 g/mol. The van der Waals surface area contributed by atoms with Gasteiger partial charge in [-0.1, -0.05) is 12.1 Å². The number of rotatable bonds is 17. The summed E-state index contributed by atoms with van der Waals surface area (Å²) < 4.78 is 11.0. The number of carbonyl (C=O) groups is 4. The number of methoxy groups -OCH3 is 2. The number of hydrogen-bond acceptors (Lipinski definition) is 11. The van der Waals surface area contributed by atoms with Gasteiger partial charge in [-0.15, -0.1) is 0 Å². The van der Waals surface area contributed by atoms with Crippen LogP contribution in [0, 0.1) is 0 Å². The molecule has 0 saturated heterocycles. The van der Waals surface area contributed by atoms with E-state index in [1.165, 1.54) is 24.0 Å². The molecule has 15 heteroatoms. The molecular formula is C33H33N5O10. The van der Waals surface area contributed by atoms with Crippen molar-refractivity contribution in [1.29, 1.82) is 0 Å². The average Bonchev–Trinajstić information content (AvgIpc) is 3.03. The lowest BCUT2D eigenvalue weighted by atomic mass is 10.0. The molecule has 0 amide bonds. The van der Waals surface area contributed by atoms with E-state index < -0.39 is 50.1 Å². The van der Waals surface area contributed by atoms with Crippen LogP contribution in [0.3, 0.4) is 0 Å². The van der Waals surface area contributed by atoms with Crippen molar-refractivity contribution in [2.45, 2.75) is 13.1 Å². The van der Waals surface area contributed by atoms with Crippen LogP contribution in [0.25, 0.3) is 33.9 Å². The highest BCUT2D eigenvalue weighted by Gasteiger charge is 2.19. The van der Waals surface area contributed by atoms with Crippen molar-refractivity contribution in [2.24, 2.45) is 0 Å². The number of carboxylic acids is 4. The molecule has 0 aliphatic rings. The van der Waals surface area contributed by atoms with Crippen LogP contribution in [0.1, 0.15) is 11.4 Å². The molecule has 0 aliphatic carbocycles. The molecule has 0 aliphatic heterocycles. The minimum Gasteiger partial charge on any atom is -0.497 e. The van der Waals surface area contributed by atoms with Gasteiger partial charge in [-0.25, -0.2) is 15.0 Å². The Morgan fingerprint density at radius 1 is 0.583 bits per heavy atom. The van der Waals surface area contributed by atoms with Gasteiger partial charge < -0.3 is 29.9 Å². The Morgan fingerprint density at radius 3 is 1.44 bits per heavy atom. The number of nitrogens with zero attached hydrogens (tertiary/aromatic N) is 5. The summed E-state index contributed by atoms with van der Waals surface area (Å²) in [4.78, 5) is 62.0. The Bertz CT molecular complexity index is 1680. The normalized spacial score (nSPS) is 11.0. The van der Waals surface area contributed by atoms with Gasteiger partial charge in [0.05, 0.1) is 74.6 Å². The van der Waals surface area contributed by atoms with Gasteiger partial charge in [-0.05, 0) is 54.1 Å². The van der Waals surface area contributed by atoms with E-state index in [4.69, 9.17) is 14.5 Å². The van der Waals surface area contributed by atoms with Crippen molar-refractivity contribution < 1.29 is 49.1 Å². The molecule has 1 aromatic carbocycles. The molecule has 0 fully saturated rings. The van der Waals surface area contributed by atoms with Crippen LogP contribution in [-0.4, -0.2) is 109 Å². The summed E-state index contributed by atoms with van der Waals surface area (Å²) in [5.41, 5.74) is 3.86. The lowest BCUT2D eigenvalue weighted by molar-refractivity contribution is -0.144. The zero-order valence-corrected chi connectivity index (χ0v) is 26.1. The van der Waals surface area contributed by atoms with Crippen molar-refractivity contribution >= 4 is 23.9 Å². The van der Waals surface area contributed by atoms with E-state index in [-0.39, 0.29) is 13.1 Å². The number of aliphatic carboxylic acids is 4. The zero-order valence-electron chi connectivity index (χ0n) is 26.1. The summed E-state index contributed by atoms with van der Waals surface area (Å²) in [5.74, 6) is -3.62. The van der Waals surface area contributed by atoms with Crippen LogP contribution in [0.5, 0.6) is 11.5 Å². The van der Waals surface area contributed by atoms with Crippen LogP contribution in [-0.2, 0) is 32.3 Å². The van der Waals surface area contributed by atoms with Crippen molar-refractivity contribution in [3.8, 4) is 45.4 Å². The number of ether oxygens (including phenoxy) is 2. The van der Waals surface area contributed by atoms with Crippen molar-refractivity contribution in [2.75, 3.05) is 40.4 Å². The second-order valence-electron chi connectivity index (χ2n) is 10.6.